The second-order valence-corrected chi connectivity index (χ2v) is 4.36. The van der Waals surface area contributed by atoms with E-state index in [0.717, 1.165) is 11.6 Å². The zero-order valence-corrected chi connectivity index (χ0v) is 11.9. The molecule has 0 aliphatic heterocycles. The van der Waals surface area contributed by atoms with E-state index in [1.807, 2.05) is 18.4 Å². The second kappa shape index (κ2) is 5.77. The van der Waals surface area contributed by atoms with Gasteiger partial charge in [-0.3, -0.25) is 0 Å². The maximum atomic E-state index is 11.9. The minimum atomic E-state index is -0.495. The largest absolute Gasteiger partial charge is 0.461 e. The van der Waals surface area contributed by atoms with Crippen molar-refractivity contribution in [3.8, 4) is 0 Å². The van der Waals surface area contributed by atoms with Gasteiger partial charge < -0.3 is 20.0 Å². The highest BCUT2D eigenvalue weighted by atomic mass is 16.5. The number of H-pyrrole nitrogens is 1. The normalized spacial score (nSPS) is 12.3. The lowest BCUT2D eigenvalue weighted by molar-refractivity contribution is 0.0521. The van der Waals surface area contributed by atoms with Crippen LogP contribution in [0, 0.1) is 0 Å². The smallest absolute Gasteiger partial charge is 0.360 e. The average molecular weight is 277 g/mol. The predicted molar refractivity (Wildman–Crippen MR) is 74.4 cm³/mol. The van der Waals surface area contributed by atoms with E-state index in [9.17, 15) is 4.79 Å². The molecule has 0 bridgehead atoms. The number of imidazole rings is 2. The fourth-order valence-electron chi connectivity index (χ4n) is 2.15. The topological polar surface area (TPSA) is 98.8 Å². The molecule has 0 aliphatic rings. The Bertz CT molecular complexity index is 588. The van der Waals surface area contributed by atoms with Crippen LogP contribution in [-0.2, 0) is 11.2 Å². The molecule has 0 amide bonds. The van der Waals surface area contributed by atoms with E-state index in [-0.39, 0.29) is 11.7 Å². The molecule has 2 aromatic rings. The molecule has 2 heterocycles. The molecule has 7 nitrogen and oxygen atoms in total. The maximum Gasteiger partial charge on any atom is 0.360 e. The van der Waals surface area contributed by atoms with Gasteiger partial charge in [0.1, 0.15) is 17.5 Å². The molecule has 0 saturated carbocycles. The summed E-state index contributed by atoms with van der Waals surface area (Å²) in [5.41, 5.74) is 6.24. The Kier molecular flexibility index (Phi) is 4.07. The van der Waals surface area contributed by atoms with Gasteiger partial charge in [-0.2, -0.15) is 0 Å². The first-order valence-electron chi connectivity index (χ1n) is 6.63. The standard InChI is InChI=1S/C13H19N5O2/c1-4-9-17-10(13(19)20-5-2)11(14)18(9)8(3)12-15-6-7-16-12/h6-8H,4-5,14H2,1-3H3,(H,15,16). The Morgan fingerprint density at radius 2 is 2.30 bits per heavy atom. The van der Waals surface area contributed by atoms with Crippen molar-refractivity contribution in [3.05, 3.63) is 29.7 Å². The van der Waals surface area contributed by atoms with Gasteiger partial charge in [0.05, 0.1) is 12.6 Å². The first kappa shape index (κ1) is 14.1. The first-order chi connectivity index (χ1) is 9.60. The van der Waals surface area contributed by atoms with Gasteiger partial charge >= 0.3 is 5.97 Å². The van der Waals surface area contributed by atoms with Gasteiger partial charge in [-0.05, 0) is 13.8 Å². The van der Waals surface area contributed by atoms with Gasteiger partial charge in [-0.25, -0.2) is 14.8 Å². The summed E-state index contributed by atoms with van der Waals surface area (Å²) < 4.78 is 6.78. The van der Waals surface area contributed by atoms with Gasteiger partial charge in [0.15, 0.2) is 5.69 Å². The zero-order valence-electron chi connectivity index (χ0n) is 11.9. The zero-order chi connectivity index (χ0) is 14.7. The molecule has 2 aromatic heterocycles. The summed E-state index contributed by atoms with van der Waals surface area (Å²) in [6.45, 7) is 5.95. The van der Waals surface area contributed by atoms with Crippen LogP contribution in [0.3, 0.4) is 0 Å². The van der Waals surface area contributed by atoms with Crippen LogP contribution in [0.1, 0.15) is 49.0 Å². The highest BCUT2D eigenvalue weighted by Crippen LogP contribution is 2.24. The summed E-state index contributed by atoms with van der Waals surface area (Å²) in [6.07, 6.45) is 4.09. The van der Waals surface area contributed by atoms with Crippen LogP contribution in [0.5, 0.6) is 0 Å². The van der Waals surface area contributed by atoms with Crippen molar-refractivity contribution in [3.63, 3.8) is 0 Å². The number of aromatic nitrogens is 4. The van der Waals surface area contributed by atoms with E-state index in [0.29, 0.717) is 18.8 Å². The van der Waals surface area contributed by atoms with Crippen LogP contribution >= 0.6 is 0 Å². The molecular formula is C13H19N5O2. The van der Waals surface area contributed by atoms with Gasteiger partial charge in [0.25, 0.3) is 0 Å². The average Bonchev–Trinajstić information content (AvgIpc) is 3.05. The molecule has 1 unspecified atom stereocenters. The van der Waals surface area contributed by atoms with Crippen molar-refractivity contribution in [1.82, 2.24) is 19.5 Å². The van der Waals surface area contributed by atoms with E-state index in [2.05, 4.69) is 15.0 Å². The van der Waals surface area contributed by atoms with E-state index in [4.69, 9.17) is 10.5 Å². The third-order valence-corrected chi connectivity index (χ3v) is 3.11. The fraction of sp³-hybridized carbons (Fsp3) is 0.462. The summed E-state index contributed by atoms with van der Waals surface area (Å²) in [4.78, 5) is 23.4. The summed E-state index contributed by atoms with van der Waals surface area (Å²) in [5, 5.41) is 0. The molecule has 1 atom stereocenters. The second-order valence-electron chi connectivity index (χ2n) is 4.36. The van der Waals surface area contributed by atoms with Gasteiger partial charge in [0, 0.05) is 18.8 Å². The molecule has 0 radical (unpaired) electrons. The van der Waals surface area contributed by atoms with E-state index < -0.39 is 5.97 Å². The number of nitrogens with two attached hydrogens (primary N) is 1. The number of anilines is 1. The maximum absolute atomic E-state index is 11.9. The van der Waals surface area contributed by atoms with Crippen molar-refractivity contribution in [2.75, 3.05) is 12.3 Å². The van der Waals surface area contributed by atoms with Crippen molar-refractivity contribution in [1.29, 1.82) is 0 Å². The molecular weight excluding hydrogens is 258 g/mol. The molecule has 0 aromatic carbocycles. The number of esters is 1. The highest BCUT2D eigenvalue weighted by Gasteiger charge is 2.24. The molecule has 0 fully saturated rings. The van der Waals surface area contributed by atoms with E-state index >= 15 is 0 Å². The lowest BCUT2D eigenvalue weighted by Crippen LogP contribution is -2.15. The van der Waals surface area contributed by atoms with Gasteiger partial charge in [-0.15, -0.1) is 0 Å². The summed E-state index contributed by atoms with van der Waals surface area (Å²) >= 11 is 0. The number of aromatic amines is 1. The summed E-state index contributed by atoms with van der Waals surface area (Å²) in [6, 6.07) is -0.129. The number of nitrogens with one attached hydrogen (secondary N) is 1. The quantitative estimate of drug-likeness (QED) is 0.808. The predicted octanol–water partition coefficient (Wildman–Crippen LogP) is 1.54. The van der Waals surface area contributed by atoms with Crippen LogP contribution in [0.2, 0.25) is 0 Å². The van der Waals surface area contributed by atoms with Crippen LogP contribution in [0.25, 0.3) is 0 Å². The Morgan fingerprint density at radius 1 is 1.55 bits per heavy atom. The highest BCUT2D eigenvalue weighted by molar-refractivity contribution is 5.92. The number of nitrogen functional groups attached to an aromatic ring is 1. The lowest BCUT2D eigenvalue weighted by Gasteiger charge is -2.15. The first-order valence-corrected chi connectivity index (χ1v) is 6.63. The molecule has 0 saturated heterocycles. The monoisotopic (exact) mass is 277 g/mol. The Labute approximate surface area is 117 Å². The molecule has 2 rings (SSSR count). The lowest BCUT2D eigenvalue weighted by atomic mass is 10.3. The Balaban J connectivity index is 2.44. The molecule has 3 N–H and O–H groups in total. The third-order valence-electron chi connectivity index (χ3n) is 3.11. The molecule has 108 valence electrons. The number of nitrogens with zero attached hydrogens (tertiary/aromatic N) is 3. The number of rotatable bonds is 5. The van der Waals surface area contributed by atoms with Crippen molar-refractivity contribution < 1.29 is 9.53 Å². The molecule has 20 heavy (non-hydrogen) atoms. The van der Waals surface area contributed by atoms with E-state index in [1.165, 1.54) is 0 Å². The number of hydrogen-bond acceptors (Lipinski definition) is 5. The number of carbonyl (C=O) groups is 1. The Hall–Kier alpha value is -2.31. The molecule has 0 spiro atoms. The van der Waals surface area contributed by atoms with Crippen molar-refractivity contribution >= 4 is 11.8 Å². The Morgan fingerprint density at radius 3 is 2.85 bits per heavy atom. The SMILES string of the molecule is CCOC(=O)c1nc(CC)n(C(C)c2ncc[nH]2)c1N. The summed E-state index contributed by atoms with van der Waals surface area (Å²) in [5.74, 6) is 1.31. The number of aryl methyl sites for hydroxylation is 1. The number of carbonyl (C=O) groups excluding carboxylic acids is 1. The van der Waals surface area contributed by atoms with Crippen LogP contribution in [-0.4, -0.2) is 32.1 Å². The van der Waals surface area contributed by atoms with E-state index in [1.54, 1.807) is 19.3 Å². The van der Waals surface area contributed by atoms with Crippen molar-refractivity contribution in [2.24, 2.45) is 0 Å². The van der Waals surface area contributed by atoms with Crippen LogP contribution < -0.4 is 5.73 Å². The molecule has 0 aliphatic carbocycles. The van der Waals surface area contributed by atoms with Crippen LogP contribution in [0.15, 0.2) is 12.4 Å². The van der Waals surface area contributed by atoms with Gasteiger partial charge in [-0.1, -0.05) is 6.92 Å². The van der Waals surface area contributed by atoms with Gasteiger partial charge in [0.2, 0.25) is 0 Å². The number of ether oxygens (including phenoxy) is 1. The van der Waals surface area contributed by atoms with Crippen LogP contribution in [0.4, 0.5) is 5.82 Å². The van der Waals surface area contributed by atoms with Crippen molar-refractivity contribution in [2.45, 2.75) is 33.2 Å². The fourth-order valence-corrected chi connectivity index (χ4v) is 2.15. The minimum Gasteiger partial charge on any atom is -0.461 e. The minimum absolute atomic E-state index is 0.129. The summed E-state index contributed by atoms with van der Waals surface area (Å²) in [7, 11) is 0. The molecule has 7 heteroatoms. The number of hydrogen-bond donors (Lipinski definition) is 2. The third kappa shape index (κ3) is 2.38.